The molecule has 2 aromatic carbocycles. The van der Waals surface area contributed by atoms with Crippen molar-refractivity contribution in [1.82, 2.24) is 5.32 Å². The molecule has 0 bridgehead atoms. The van der Waals surface area contributed by atoms with Crippen molar-refractivity contribution in [3.8, 4) is 5.75 Å². The summed E-state index contributed by atoms with van der Waals surface area (Å²) in [5.41, 5.74) is 1.16. The van der Waals surface area contributed by atoms with Gasteiger partial charge in [0.05, 0.1) is 11.3 Å². The van der Waals surface area contributed by atoms with Crippen LogP contribution in [0, 0.1) is 5.82 Å². The molecule has 20 heavy (non-hydrogen) atoms. The first-order valence-electron chi connectivity index (χ1n) is 6.59. The van der Waals surface area contributed by atoms with Gasteiger partial charge in [0, 0.05) is 10.5 Å². The highest BCUT2D eigenvalue weighted by molar-refractivity contribution is 8.00. The third-order valence-corrected chi connectivity index (χ3v) is 4.66. The minimum absolute atomic E-state index is 0.201. The van der Waals surface area contributed by atoms with Crippen LogP contribution in [0.5, 0.6) is 5.75 Å². The smallest absolute Gasteiger partial charge is 0.124 e. The monoisotopic (exact) mass is 289 g/mol. The molecule has 0 aromatic heterocycles. The highest BCUT2D eigenvalue weighted by Gasteiger charge is 2.30. The molecule has 0 aliphatic carbocycles. The lowest BCUT2D eigenvalue weighted by Gasteiger charge is -2.33. The van der Waals surface area contributed by atoms with Gasteiger partial charge < -0.3 is 10.1 Å². The molecule has 0 amide bonds. The van der Waals surface area contributed by atoms with Crippen molar-refractivity contribution in [2.45, 2.75) is 16.2 Å². The van der Waals surface area contributed by atoms with E-state index in [1.165, 1.54) is 6.07 Å². The number of ether oxygens (including phenoxy) is 1. The van der Waals surface area contributed by atoms with Crippen molar-refractivity contribution in [2.24, 2.45) is 0 Å². The summed E-state index contributed by atoms with van der Waals surface area (Å²) in [4.78, 5) is 0.929. The van der Waals surface area contributed by atoms with Crippen molar-refractivity contribution in [2.75, 3.05) is 13.7 Å². The largest absolute Gasteiger partial charge is 0.492 e. The minimum atomic E-state index is -0.201. The van der Waals surface area contributed by atoms with E-state index in [0.29, 0.717) is 6.61 Å². The first-order valence-corrected chi connectivity index (χ1v) is 7.47. The summed E-state index contributed by atoms with van der Waals surface area (Å²) < 4.78 is 19.1. The van der Waals surface area contributed by atoms with Gasteiger partial charge >= 0.3 is 0 Å². The lowest BCUT2D eigenvalue weighted by molar-refractivity contribution is 0.265. The van der Waals surface area contributed by atoms with Crippen LogP contribution in [0.4, 0.5) is 4.39 Å². The van der Waals surface area contributed by atoms with Gasteiger partial charge in [0.1, 0.15) is 18.2 Å². The molecule has 2 nitrogen and oxygen atoms in total. The number of rotatable bonds is 3. The topological polar surface area (TPSA) is 21.3 Å². The van der Waals surface area contributed by atoms with Crippen molar-refractivity contribution in [1.29, 1.82) is 0 Å². The fourth-order valence-corrected chi connectivity index (χ4v) is 3.74. The normalized spacial score (nSPS) is 21.1. The molecule has 2 atom stereocenters. The lowest BCUT2D eigenvalue weighted by Crippen LogP contribution is -2.35. The third-order valence-electron chi connectivity index (χ3n) is 3.42. The van der Waals surface area contributed by atoms with E-state index in [1.54, 1.807) is 23.9 Å². The van der Waals surface area contributed by atoms with Gasteiger partial charge in [-0.3, -0.25) is 0 Å². The zero-order valence-corrected chi connectivity index (χ0v) is 12.0. The zero-order valence-electron chi connectivity index (χ0n) is 11.2. The molecule has 0 saturated heterocycles. The van der Waals surface area contributed by atoms with Crippen LogP contribution in [-0.4, -0.2) is 18.9 Å². The molecule has 0 fully saturated rings. The van der Waals surface area contributed by atoms with Crippen LogP contribution in [0.15, 0.2) is 53.4 Å². The highest BCUT2D eigenvalue weighted by atomic mass is 32.2. The summed E-state index contributed by atoms with van der Waals surface area (Å²) in [6.45, 7) is 0.615. The number of para-hydroxylation sites is 1. The van der Waals surface area contributed by atoms with Crippen molar-refractivity contribution < 1.29 is 9.13 Å². The number of benzene rings is 2. The number of nitrogens with one attached hydrogen (secondary N) is 1. The van der Waals surface area contributed by atoms with Crippen molar-refractivity contribution in [3.05, 3.63) is 59.9 Å². The molecule has 0 spiro atoms. The molecular weight excluding hydrogens is 273 g/mol. The number of fused-ring (bicyclic) bond motifs is 1. The molecule has 104 valence electrons. The molecule has 2 aromatic rings. The Balaban J connectivity index is 1.84. The number of hydrogen-bond acceptors (Lipinski definition) is 3. The summed E-state index contributed by atoms with van der Waals surface area (Å²) >= 11 is 1.65. The zero-order chi connectivity index (χ0) is 13.9. The number of hydrogen-bond donors (Lipinski definition) is 1. The van der Waals surface area contributed by atoms with E-state index in [9.17, 15) is 4.39 Å². The molecule has 1 heterocycles. The first-order chi connectivity index (χ1) is 9.78. The van der Waals surface area contributed by atoms with Crippen LogP contribution in [0.3, 0.4) is 0 Å². The Bertz CT molecular complexity index is 605. The van der Waals surface area contributed by atoms with E-state index in [-0.39, 0.29) is 17.1 Å². The fraction of sp³-hybridized carbons (Fsp3) is 0.250. The van der Waals surface area contributed by atoms with Crippen LogP contribution in [0.1, 0.15) is 11.6 Å². The van der Waals surface area contributed by atoms with Gasteiger partial charge in [-0.25, -0.2) is 4.39 Å². The van der Waals surface area contributed by atoms with Crippen LogP contribution in [-0.2, 0) is 0 Å². The average molecular weight is 289 g/mol. The van der Waals surface area contributed by atoms with Gasteiger partial charge in [0.25, 0.3) is 0 Å². The molecule has 1 aliphatic rings. The first kappa shape index (κ1) is 13.5. The van der Waals surface area contributed by atoms with Gasteiger partial charge in [0.15, 0.2) is 0 Å². The highest BCUT2D eigenvalue weighted by Crippen LogP contribution is 2.39. The Morgan fingerprint density at radius 2 is 2.05 bits per heavy atom. The van der Waals surface area contributed by atoms with Crippen LogP contribution < -0.4 is 10.1 Å². The summed E-state index contributed by atoms with van der Waals surface area (Å²) in [5.74, 6) is 0.732. The predicted octanol–water partition coefficient (Wildman–Crippen LogP) is 3.64. The number of thioether (sulfide) groups is 1. The second kappa shape index (κ2) is 5.85. The number of halogens is 1. The summed E-state index contributed by atoms with van der Waals surface area (Å²) in [5, 5.41) is 3.57. The summed E-state index contributed by atoms with van der Waals surface area (Å²) in [7, 11) is 1.95. The summed E-state index contributed by atoms with van der Waals surface area (Å²) in [6.07, 6.45) is 0. The average Bonchev–Trinajstić information content (AvgIpc) is 2.47. The molecule has 2 unspecified atom stereocenters. The van der Waals surface area contributed by atoms with E-state index in [2.05, 4.69) is 11.4 Å². The van der Waals surface area contributed by atoms with Crippen molar-refractivity contribution >= 4 is 11.8 Å². The fourth-order valence-electron chi connectivity index (χ4n) is 2.50. The minimum Gasteiger partial charge on any atom is -0.492 e. The molecular formula is C16H16FNOS. The Labute approximate surface area is 122 Å². The molecule has 3 rings (SSSR count). The molecule has 1 aliphatic heterocycles. The maximum Gasteiger partial charge on any atom is 0.124 e. The second-order valence-corrected chi connectivity index (χ2v) is 6.04. The van der Waals surface area contributed by atoms with Gasteiger partial charge in [-0.05, 0) is 31.3 Å². The van der Waals surface area contributed by atoms with Gasteiger partial charge in [-0.2, -0.15) is 0 Å². The van der Waals surface area contributed by atoms with E-state index in [1.807, 2.05) is 31.3 Å². The molecule has 4 heteroatoms. The molecule has 0 saturated carbocycles. The van der Waals surface area contributed by atoms with Crippen LogP contribution in [0.25, 0.3) is 0 Å². The van der Waals surface area contributed by atoms with E-state index >= 15 is 0 Å². The predicted molar refractivity (Wildman–Crippen MR) is 79.8 cm³/mol. The van der Waals surface area contributed by atoms with Crippen molar-refractivity contribution in [3.63, 3.8) is 0 Å². The third kappa shape index (κ3) is 2.67. The van der Waals surface area contributed by atoms with Gasteiger partial charge in [0.2, 0.25) is 0 Å². The van der Waals surface area contributed by atoms with Crippen LogP contribution in [0.2, 0.25) is 0 Å². The quantitative estimate of drug-likeness (QED) is 0.932. The maximum atomic E-state index is 13.3. The Kier molecular flexibility index (Phi) is 3.94. The molecule has 1 N–H and O–H groups in total. The Morgan fingerprint density at radius 3 is 2.85 bits per heavy atom. The second-order valence-electron chi connectivity index (χ2n) is 4.73. The standard InChI is InChI=1S/C16H16FNOS/c1-18-16-13-7-2-3-8-14(13)19-10-15(16)20-12-6-4-5-11(17)9-12/h2-9,15-16,18H,10H2,1H3. The SMILES string of the molecule is CNC1c2ccccc2OCC1Sc1cccc(F)c1. The maximum absolute atomic E-state index is 13.3. The van der Waals surface area contributed by atoms with Crippen LogP contribution >= 0.6 is 11.8 Å². The van der Waals surface area contributed by atoms with Gasteiger partial charge in [-0.15, -0.1) is 11.8 Å². The van der Waals surface area contributed by atoms with E-state index in [0.717, 1.165) is 16.2 Å². The van der Waals surface area contributed by atoms with E-state index in [4.69, 9.17) is 4.74 Å². The Hall–Kier alpha value is -1.52. The lowest BCUT2D eigenvalue weighted by atomic mass is 10.0. The van der Waals surface area contributed by atoms with E-state index < -0.39 is 0 Å². The summed E-state index contributed by atoms with van der Waals surface area (Å²) in [6, 6.07) is 15.0. The Morgan fingerprint density at radius 1 is 1.20 bits per heavy atom. The molecule has 0 radical (unpaired) electrons. The van der Waals surface area contributed by atoms with Gasteiger partial charge in [-0.1, -0.05) is 24.3 Å².